The molecule has 4 heteroatoms. The topological polar surface area (TPSA) is 37.8 Å². The third-order valence-electron chi connectivity index (χ3n) is 3.07. The molecule has 0 aliphatic heterocycles. The predicted molar refractivity (Wildman–Crippen MR) is 71.6 cm³/mol. The first-order valence-electron chi connectivity index (χ1n) is 6.18. The van der Waals surface area contributed by atoms with Crippen LogP contribution >= 0.6 is 11.6 Å². The Balaban J connectivity index is 2.19. The van der Waals surface area contributed by atoms with Crippen LogP contribution in [0.5, 0.6) is 0 Å². The quantitative estimate of drug-likeness (QED) is 0.836. The Kier molecular flexibility index (Phi) is 3.30. The lowest BCUT2D eigenvalue weighted by Crippen LogP contribution is -2.21. The van der Waals surface area contributed by atoms with E-state index in [0.717, 1.165) is 17.6 Å². The van der Waals surface area contributed by atoms with Crippen molar-refractivity contribution in [2.24, 2.45) is 5.92 Å². The number of hydrogen-bond donors (Lipinski definition) is 1. The lowest BCUT2D eigenvalue weighted by atomic mass is 9.96. The fourth-order valence-corrected chi connectivity index (χ4v) is 1.96. The van der Waals surface area contributed by atoms with Gasteiger partial charge in [-0.1, -0.05) is 32.4 Å². The number of anilines is 1. The Morgan fingerprint density at radius 2 is 2.00 bits per heavy atom. The number of nitrogens with zero attached hydrogens (tertiary/aromatic N) is 2. The molecule has 1 aromatic rings. The van der Waals surface area contributed by atoms with E-state index in [9.17, 15) is 0 Å². The fourth-order valence-electron chi connectivity index (χ4n) is 1.77. The number of hydrogen-bond acceptors (Lipinski definition) is 3. The van der Waals surface area contributed by atoms with E-state index in [1.165, 1.54) is 12.8 Å². The average Bonchev–Trinajstić information content (AvgIpc) is 2.97. The number of rotatable bonds is 3. The SMILES string of the molecule is CC(Nc1cc(Cl)nc(C(C)(C)C)n1)C1CC1. The van der Waals surface area contributed by atoms with E-state index in [4.69, 9.17) is 11.6 Å². The maximum atomic E-state index is 6.04. The molecule has 0 bridgehead atoms. The summed E-state index contributed by atoms with van der Waals surface area (Å²) in [5.74, 6) is 2.42. The largest absolute Gasteiger partial charge is 0.367 e. The minimum absolute atomic E-state index is 0.0792. The second-order valence-corrected chi connectivity index (χ2v) is 6.31. The Morgan fingerprint density at radius 1 is 1.35 bits per heavy atom. The Hall–Kier alpha value is -0.830. The third-order valence-corrected chi connectivity index (χ3v) is 3.26. The van der Waals surface area contributed by atoms with Gasteiger partial charge in [0.15, 0.2) is 0 Å². The second kappa shape index (κ2) is 4.45. The number of nitrogens with one attached hydrogen (secondary N) is 1. The van der Waals surface area contributed by atoms with Crippen molar-refractivity contribution in [3.63, 3.8) is 0 Å². The molecule has 1 fully saturated rings. The molecule has 0 aromatic carbocycles. The highest BCUT2D eigenvalue weighted by molar-refractivity contribution is 6.29. The van der Waals surface area contributed by atoms with Gasteiger partial charge in [0.05, 0.1) is 0 Å². The summed E-state index contributed by atoms with van der Waals surface area (Å²) in [7, 11) is 0. The summed E-state index contributed by atoms with van der Waals surface area (Å²) >= 11 is 6.04. The van der Waals surface area contributed by atoms with Gasteiger partial charge in [-0.05, 0) is 25.7 Å². The molecule has 0 spiro atoms. The fraction of sp³-hybridized carbons (Fsp3) is 0.692. The molecule has 17 heavy (non-hydrogen) atoms. The Labute approximate surface area is 108 Å². The molecule has 0 saturated heterocycles. The minimum Gasteiger partial charge on any atom is -0.367 e. The molecule has 94 valence electrons. The number of aromatic nitrogens is 2. The van der Waals surface area contributed by atoms with Gasteiger partial charge in [-0.25, -0.2) is 9.97 Å². The van der Waals surface area contributed by atoms with Crippen LogP contribution in [0.3, 0.4) is 0 Å². The second-order valence-electron chi connectivity index (χ2n) is 5.92. The molecule has 3 nitrogen and oxygen atoms in total. The third kappa shape index (κ3) is 3.32. The van der Waals surface area contributed by atoms with E-state index in [1.807, 2.05) is 0 Å². The lowest BCUT2D eigenvalue weighted by Gasteiger charge is -2.19. The summed E-state index contributed by atoms with van der Waals surface area (Å²) in [6.07, 6.45) is 2.64. The van der Waals surface area contributed by atoms with Gasteiger partial charge < -0.3 is 5.32 Å². The van der Waals surface area contributed by atoms with Gasteiger partial charge in [0.25, 0.3) is 0 Å². The highest BCUT2D eigenvalue weighted by Crippen LogP contribution is 2.34. The minimum atomic E-state index is -0.0792. The highest BCUT2D eigenvalue weighted by atomic mass is 35.5. The molecule has 0 radical (unpaired) electrons. The molecular weight excluding hydrogens is 234 g/mol. The van der Waals surface area contributed by atoms with Crippen molar-refractivity contribution in [2.45, 2.75) is 52.0 Å². The monoisotopic (exact) mass is 253 g/mol. The highest BCUT2D eigenvalue weighted by Gasteiger charge is 2.28. The standard InChI is InChI=1S/C13H20ClN3/c1-8(9-5-6-9)15-11-7-10(14)16-12(17-11)13(2,3)4/h7-9H,5-6H2,1-4H3,(H,15,16,17). The van der Waals surface area contributed by atoms with Crippen molar-refractivity contribution in [1.29, 1.82) is 0 Å². The molecule has 0 amide bonds. The van der Waals surface area contributed by atoms with Crippen LogP contribution in [0.4, 0.5) is 5.82 Å². The van der Waals surface area contributed by atoms with Crippen LogP contribution in [0.15, 0.2) is 6.07 Å². The van der Waals surface area contributed by atoms with Gasteiger partial charge in [0.2, 0.25) is 0 Å². The van der Waals surface area contributed by atoms with E-state index >= 15 is 0 Å². The van der Waals surface area contributed by atoms with Crippen molar-refractivity contribution in [1.82, 2.24) is 9.97 Å². The van der Waals surface area contributed by atoms with Crippen molar-refractivity contribution in [3.8, 4) is 0 Å². The van der Waals surface area contributed by atoms with Gasteiger partial charge in [-0.15, -0.1) is 0 Å². The molecule has 1 aromatic heterocycles. The number of halogens is 1. The predicted octanol–water partition coefficient (Wildman–Crippen LogP) is 3.64. The molecule has 1 N–H and O–H groups in total. The van der Waals surface area contributed by atoms with Crippen molar-refractivity contribution < 1.29 is 0 Å². The van der Waals surface area contributed by atoms with E-state index in [1.54, 1.807) is 6.07 Å². The maximum Gasteiger partial charge on any atom is 0.137 e. The summed E-state index contributed by atoms with van der Waals surface area (Å²) in [4.78, 5) is 8.84. The zero-order valence-corrected chi connectivity index (χ0v) is 11.7. The van der Waals surface area contributed by atoms with E-state index in [-0.39, 0.29) is 5.41 Å². The summed E-state index contributed by atoms with van der Waals surface area (Å²) in [5, 5.41) is 3.93. The van der Waals surface area contributed by atoms with Crippen LogP contribution in [-0.2, 0) is 5.41 Å². The first-order valence-corrected chi connectivity index (χ1v) is 6.55. The van der Waals surface area contributed by atoms with Crippen LogP contribution in [-0.4, -0.2) is 16.0 Å². The zero-order chi connectivity index (χ0) is 12.6. The van der Waals surface area contributed by atoms with Gasteiger partial charge in [0, 0.05) is 17.5 Å². The Morgan fingerprint density at radius 3 is 2.53 bits per heavy atom. The molecule has 1 aliphatic carbocycles. The summed E-state index contributed by atoms with van der Waals surface area (Å²) in [5.41, 5.74) is -0.0792. The normalized spacial score (nSPS) is 17.9. The van der Waals surface area contributed by atoms with Gasteiger partial charge >= 0.3 is 0 Å². The van der Waals surface area contributed by atoms with E-state index in [2.05, 4.69) is 43.0 Å². The molecular formula is C13H20ClN3. The van der Waals surface area contributed by atoms with Crippen LogP contribution < -0.4 is 5.32 Å². The van der Waals surface area contributed by atoms with Crippen molar-refractivity contribution >= 4 is 17.4 Å². The van der Waals surface area contributed by atoms with Crippen LogP contribution in [0.2, 0.25) is 5.15 Å². The summed E-state index contributed by atoms with van der Waals surface area (Å²) in [6, 6.07) is 2.27. The van der Waals surface area contributed by atoms with Crippen LogP contribution in [0, 0.1) is 5.92 Å². The molecule has 1 unspecified atom stereocenters. The van der Waals surface area contributed by atoms with E-state index < -0.39 is 0 Å². The van der Waals surface area contributed by atoms with Gasteiger partial charge in [-0.3, -0.25) is 0 Å². The summed E-state index contributed by atoms with van der Waals surface area (Å²) < 4.78 is 0. The molecule has 1 aliphatic rings. The first-order chi connectivity index (χ1) is 7.86. The first kappa shape index (κ1) is 12.6. The Bertz CT molecular complexity index is 408. The zero-order valence-electron chi connectivity index (χ0n) is 10.9. The molecule has 1 heterocycles. The van der Waals surface area contributed by atoms with Crippen LogP contribution in [0.1, 0.15) is 46.4 Å². The van der Waals surface area contributed by atoms with Crippen molar-refractivity contribution in [3.05, 3.63) is 17.0 Å². The van der Waals surface area contributed by atoms with Crippen molar-refractivity contribution in [2.75, 3.05) is 5.32 Å². The van der Waals surface area contributed by atoms with E-state index in [0.29, 0.717) is 11.2 Å². The average molecular weight is 254 g/mol. The molecule has 1 atom stereocenters. The molecule has 1 saturated carbocycles. The van der Waals surface area contributed by atoms with Crippen LogP contribution in [0.25, 0.3) is 0 Å². The smallest absolute Gasteiger partial charge is 0.137 e. The lowest BCUT2D eigenvalue weighted by molar-refractivity contribution is 0.545. The maximum absolute atomic E-state index is 6.04. The van der Waals surface area contributed by atoms with Gasteiger partial charge in [-0.2, -0.15) is 0 Å². The van der Waals surface area contributed by atoms with Gasteiger partial charge in [0.1, 0.15) is 16.8 Å². The summed E-state index contributed by atoms with van der Waals surface area (Å²) in [6.45, 7) is 8.47. The molecule has 2 rings (SSSR count).